The van der Waals surface area contributed by atoms with Crippen LogP contribution in [-0.2, 0) is 100 Å². The number of nitrogens with zero attached hydrogens (tertiary/aromatic N) is 4. The van der Waals surface area contributed by atoms with Crippen molar-refractivity contribution in [3.8, 4) is 56.2 Å². The van der Waals surface area contributed by atoms with Crippen molar-refractivity contribution in [2.75, 3.05) is 0 Å². The Morgan fingerprint density at radius 2 is 0.808 bits per heavy atom. The van der Waals surface area contributed by atoms with Gasteiger partial charge in [0.25, 0.3) is 0 Å². The summed E-state index contributed by atoms with van der Waals surface area (Å²) >= 11 is 0. The number of aliphatic hydroxyl groups excluding tert-OH is 3. The number of aromatic nitrogens is 4. The van der Waals surface area contributed by atoms with E-state index in [1.807, 2.05) is 134 Å². The summed E-state index contributed by atoms with van der Waals surface area (Å²) in [6.07, 6.45) is 7.23. The second-order valence-electron chi connectivity index (χ2n) is 22.9. The van der Waals surface area contributed by atoms with Gasteiger partial charge in [-0.1, -0.05) is 152 Å². The first kappa shape index (κ1) is 82.3. The number of rotatable bonds is 7. The molecule has 4 aromatic heterocycles. The molecule has 9 aromatic carbocycles. The molecule has 0 aliphatic heterocycles. The van der Waals surface area contributed by atoms with Crippen LogP contribution in [-0.4, -0.2) is 52.6 Å². The minimum Gasteiger partial charge on any atom is -0.512 e. The Balaban J connectivity index is 0.000000256. The molecule has 14 heteroatoms. The van der Waals surface area contributed by atoms with Gasteiger partial charge in [-0.2, -0.15) is 0 Å². The van der Waals surface area contributed by atoms with Crippen LogP contribution in [0.3, 0.4) is 0 Å². The van der Waals surface area contributed by atoms with Gasteiger partial charge in [0.1, 0.15) is 0 Å². The van der Waals surface area contributed by atoms with E-state index >= 15 is 0 Å². The third kappa shape index (κ3) is 23.8. The van der Waals surface area contributed by atoms with Gasteiger partial charge in [0.15, 0.2) is 17.3 Å². The number of aryl methyl sites for hydroxylation is 1. The van der Waals surface area contributed by atoms with Crippen LogP contribution in [0.4, 0.5) is 0 Å². The van der Waals surface area contributed by atoms with E-state index in [4.69, 9.17) is 15.3 Å². The number of fused-ring (bicyclic) bond motifs is 7. The SMILES string of the molecule is CC(=O)C=C(C)O.CC(=O)C=C(C)O.CC(=O)C=C(C)O.CC1(C)c2ccccc2-c2c[c-]c(-c3nccc4ccccc34)cc21.Cc1cccc2nc(-c3[c-]cccc3)ccc12.[Ir].[Ir].[Ir].[Ir].[c-]1ccccc1-c1ccc2ccccc2n1.[c-]1ccccc1-c1nccc2ccccc12. The number of hydrogen-bond acceptors (Lipinski definition) is 10. The van der Waals surface area contributed by atoms with Crippen molar-refractivity contribution in [3.05, 3.63) is 325 Å². The molecule has 0 fully saturated rings. The van der Waals surface area contributed by atoms with Crippen LogP contribution in [0, 0.1) is 31.2 Å². The standard InChI is InChI=1S/C24H18N.C16H12N.2C15H10N.3C5H8O2.4Ir/c1-24(2)21-10-6-5-9-19(21)20-12-11-17(15-22(20)24)23-18-8-4-3-7-16(18)13-14-25-23;1-12-6-5-9-16-14(12)10-11-15(17-16)13-7-3-2-4-8-13;1-2-7-13(8-3-1)15-14-9-5-4-6-12(14)10-11-16-15;1-2-6-12(7-3-1)15-11-10-13-8-4-5-9-14(13)16-15;3*1-4(6)3-5(2)7;;;;/h3-10,12-15H,1-2H3;2-7,9-11H,1H3;1-7,9-11H;1-6,8-11H;3*3,6H,1-2H3;;;;/q4*-1;;;;;;;. The summed E-state index contributed by atoms with van der Waals surface area (Å²) in [4.78, 5) is 48.5. The third-order valence-electron chi connectivity index (χ3n) is 14.8. The molecule has 3 N–H and O–H groups in total. The summed E-state index contributed by atoms with van der Waals surface area (Å²) in [6.45, 7) is 15.3. The maximum Gasteiger partial charge on any atom is 0.155 e. The molecule has 99 heavy (non-hydrogen) atoms. The van der Waals surface area contributed by atoms with Gasteiger partial charge in [0.2, 0.25) is 0 Å². The van der Waals surface area contributed by atoms with Gasteiger partial charge >= 0.3 is 0 Å². The summed E-state index contributed by atoms with van der Waals surface area (Å²) in [5.74, 6) is -0.187. The first-order valence-electron chi connectivity index (χ1n) is 30.9. The Morgan fingerprint density at radius 3 is 1.29 bits per heavy atom. The molecule has 0 spiro atoms. The summed E-state index contributed by atoms with van der Waals surface area (Å²) in [5.41, 5.74) is 16.8. The Morgan fingerprint density at radius 1 is 0.384 bits per heavy atom. The molecule has 0 saturated heterocycles. The largest absolute Gasteiger partial charge is 0.512 e. The minimum atomic E-state index is -0.125. The number of para-hydroxylation sites is 1. The van der Waals surface area contributed by atoms with Gasteiger partial charge in [-0.05, 0) is 139 Å². The molecule has 14 rings (SSSR count). The molecule has 0 bridgehead atoms. The minimum absolute atomic E-state index is 0. The zero-order valence-electron chi connectivity index (χ0n) is 56.1. The fourth-order valence-corrected chi connectivity index (χ4v) is 10.6. The molecule has 0 unspecified atom stereocenters. The number of benzene rings is 9. The van der Waals surface area contributed by atoms with Crippen LogP contribution in [0.25, 0.3) is 99.5 Å². The number of aliphatic hydroxyl groups is 3. The molecule has 13 aromatic rings. The molecule has 0 atom stereocenters. The molecule has 10 nitrogen and oxygen atoms in total. The summed E-state index contributed by atoms with van der Waals surface area (Å²) < 4.78 is 0. The molecule has 1 aliphatic carbocycles. The van der Waals surface area contributed by atoms with E-state index in [9.17, 15) is 14.4 Å². The normalized spacial score (nSPS) is 11.3. The third-order valence-corrected chi connectivity index (χ3v) is 14.8. The summed E-state index contributed by atoms with van der Waals surface area (Å²) in [5, 5.41) is 32.2. The first-order valence-corrected chi connectivity index (χ1v) is 30.9. The number of ketones is 3. The Hall–Kier alpha value is -9.15. The molecule has 4 radical (unpaired) electrons. The van der Waals surface area contributed by atoms with Crippen LogP contribution in [0.5, 0.6) is 0 Å². The van der Waals surface area contributed by atoms with Crippen molar-refractivity contribution in [2.24, 2.45) is 0 Å². The quantitative estimate of drug-likeness (QED) is 0.0795. The van der Waals surface area contributed by atoms with Crippen molar-refractivity contribution >= 4 is 60.7 Å². The predicted molar refractivity (Wildman–Crippen MR) is 388 cm³/mol. The number of carbonyl (C=O) groups is 3. The van der Waals surface area contributed by atoms with Gasteiger partial charge in [0.05, 0.1) is 28.3 Å². The average Bonchev–Trinajstić information content (AvgIpc) is 1.59. The average molecular weight is 2020 g/mol. The molecule has 4 heterocycles. The van der Waals surface area contributed by atoms with Crippen molar-refractivity contribution in [1.29, 1.82) is 0 Å². The number of hydrogen-bond donors (Lipinski definition) is 3. The van der Waals surface area contributed by atoms with Crippen LogP contribution in [0.2, 0.25) is 0 Å². The molecular weight excluding hydrogens is 1940 g/mol. The van der Waals surface area contributed by atoms with E-state index in [1.54, 1.807) is 0 Å². The van der Waals surface area contributed by atoms with Gasteiger partial charge in [0, 0.05) is 116 Å². The molecule has 0 amide bonds. The van der Waals surface area contributed by atoms with E-state index in [-0.39, 0.29) is 120 Å². The number of allylic oxidation sites excluding steroid dienone is 6. The molecule has 510 valence electrons. The zero-order chi connectivity index (χ0) is 67.9. The zero-order valence-corrected chi connectivity index (χ0v) is 65.7. The van der Waals surface area contributed by atoms with E-state index in [1.165, 1.54) is 120 Å². The molecule has 1 aliphatic rings. The second-order valence-corrected chi connectivity index (χ2v) is 22.9. The van der Waals surface area contributed by atoms with Gasteiger partial charge < -0.3 is 25.3 Å². The van der Waals surface area contributed by atoms with E-state index in [0.717, 1.165) is 56.1 Å². The maximum absolute atomic E-state index is 10.0. The summed E-state index contributed by atoms with van der Waals surface area (Å²) in [7, 11) is 0. The maximum atomic E-state index is 10.0. The second kappa shape index (κ2) is 40.7. The van der Waals surface area contributed by atoms with Gasteiger partial charge in [-0.25, -0.2) is 0 Å². The number of pyridine rings is 4. The van der Waals surface area contributed by atoms with Crippen molar-refractivity contribution in [1.82, 2.24) is 19.9 Å². The Labute approximate surface area is 634 Å². The van der Waals surface area contributed by atoms with Crippen molar-refractivity contribution in [3.63, 3.8) is 0 Å². The molecule has 0 saturated carbocycles. The van der Waals surface area contributed by atoms with E-state index in [0.29, 0.717) is 0 Å². The van der Waals surface area contributed by atoms with Crippen LogP contribution in [0.15, 0.2) is 284 Å². The first-order chi connectivity index (χ1) is 45.8. The topological polar surface area (TPSA) is 163 Å². The van der Waals surface area contributed by atoms with E-state index in [2.05, 4.69) is 180 Å². The number of carbonyl (C=O) groups excluding carboxylic acids is 3. The summed E-state index contributed by atoms with van der Waals surface area (Å²) in [6, 6.07) is 93.4. The smallest absolute Gasteiger partial charge is 0.155 e. The fourth-order valence-electron chi connectivity index (χ4n) is 10.6. The van der Waals surface area contributed by atoms with Crippen LogP contribution < -0.4 is 0 Å². The fraction of sp³-hybridized carbons (Fsp3) is 0.118. The van der Waals surface area contributed by atoms with Gasteiger partial charge in [-0.3, -0.25) is 24.4 Å². The van der Waals surface area contributed by atoms with E-state index < -0.39 is 0 Å². The predicted octanol–water partition coefficient (Wildman–Crippen LogP) is 20.5. The monoisotopic (exact) mass is 2020 g/mol. The van der Waals surface area contributed by atoms with Crippen LogP contribution >= 0.6 is 0 Å². The van der Waals surface area contributed by atoms with Gasteiger partial charge in [-0.15, -0.1) is 137 Å². The Kier molecular flexibility index (Phi) is 33.8. The Bertz CT molecular complexity index is 4800. The molecular formula is C85H74Ir4N4O6-4. The van der Waals surface area contributed by atoms with Crippen LogP contribution in [0.1, 0.15) is 72.1 Å². The van der Waals surface area contributed by atoms with Crippen molar-refractivity contribution < 1.29 is 110 Å². The van der Waals surface area contributed by atoms with Crippen molar-refractivity contribution in [2.45, 2.75) is 67.7 Å².